The van der Waals surface area contributed by atoms with E-state index >= 15 is 0 Å². The predicted octanol–water partition coefficient (Wildman–Crippen LogP) is 2.75. The van der Waals surface area contributed by atoms with Crippen LogP contribution in [-0.4, -0.2) is 38.4 Å². The number of aliphatic hydroxyl groups is 1. The molecule has 3 heterocycles. The summed E-state index contributed by atoms with van der Waals surface area (Å²) in [7, 11) is 1.72. The van der Waals surface area contributed by atoms with Crippen molar-refractivity contribution in [2.45, 2.75) is 58.8 Å². The van der Waals surface area contributed by atoms with Crippen LogP contribution in [0.1, 0.15) is 53.6 Å². The Morgan fingerprint density at radius 3 is 2.85 bits per heavy atom. The van der Waals surface area contributed by atoms with E-state index in [2.05, 4.69) is 32.7 Å². The summed E-state index contributed by atoms with van der Waals surface area (Å²) in [5.74, 6) is 1.35. The first kappa shape index (κ1) is 17.5. The lowest BCUT2D eigenvalue weighted by Gasteiger charge is -2.21. The van der Waals surface area contributed by atoms with Crippen molar-refractivity contribution in [3.63, 3.8) is 0 Å². The highest BCUT2D eigenvalue weighted by Gasteiger charge is 2.33. The van der Waals surface area contributed by atoms with Gasteiger partial charge in [0.25, 0.3) is 0 Å². The van der Waals surface area contributed by atoms with Crippen molar-refractivity contribution in [3.8, 4) is 5.75 Å². The van der Waals surface area contributed by atoms with Crippen LogP contribution in [-0.2, 0) is 19.6 Å². The van der Waals surface area contributed by atoms with Crippen molar-refractivity contribution in [1.29, 1.82) is 0 Å². The summed E-state index contributed by atoms with van der Waals surface area (Å²) in [6.07, 6.45) is 4.79. The molecule has 1 saturated carbocycles. The third-order valence-electron chi connectivity index (χ3n) is 5.61. The quantitative estimate of drug-likeness (QED) is 0.892. The van der Waals surface area contributed by atoms with Gasteiger partial charge in [-0.3, -0.25) is 14.6 Å². The normalized spacial score (nSPS) is 19.1. The molecule has 0 spiro atoms. The zero-order valence-electron chi connectivity index (χ0n) is 15.9. The molecule has 6 nitrogen and oxygen atoms in total. The summed E-state index contributed by atoms with van der Waals surface area (Å²) < 4.78 is 7.62. The zero-order valence-corrected chi connectivity index (χ0v) is 15.9. The van der Waals surface area contributed by atoms with Crippen molar-refractivity contribution < 1.29 is 9.84 Å². The highest BCUT2D eigenvalue weighted by atomic mass is 16.5. The van der Waals surface area contributed by atoms with Gasteiger partial charge in [0, 0.05) is 43.5 Å². The van der Waals surface area contributed by atoms with Gasteiger partial charge in [0.1, 0.15) is 11.9 Å². The second-order valence-electron chi connectivity index (χ2n) is 7.68. The van der Waals surface area contributed by atoms with Gasteiger partial charge in [0.2, 0.25) is 0 Å². The third-order valence-corrected chi connectivity index (χ3v) is 5.61. The van der Waals surface area contributed by atoms with E-state index in [0.717, 1.165) is 73.7 Å². The van der Waals surface area contributed by atoms with Gasteiger partial charge in [-0.05, 0) is 45.1 Å². The first-order valence-electron chi connectivity index (χ1n) is 9.53. The van der Waals surface area contributed by atoms with Gasteiger partial charge in [0.05, 0.1) is 24.2 Å². The van der Waals surface area contributed by atoms with Crippen LogP contribution in [0, 0.1) is 19.8 Å². The molecule has 2 aliphatic rings. The highest BCUT2D eigenvalue weighted by molar-refractivity contribution is 5.41. The summed E-state index contributed by atoms with van der Waals surface area (Å²) >= 11 is 0. The molecule has 0 saturated heterocycles. The molecule has 0 radical (unpaired) electrons. The third kappa shape index (κ3) is 3.35. The maximum absolute atomic E-state index is 10.4. The molecule has 0 aromatic carbocycles. The molecule has 6 heteroatoms. The number of aryl methyl sites for hydroxylation is 2. The van der Waals surface area contributed by atoms with E-state index in [-0.39, 0.29) is 0 Å². The van der Waals surface area contributed by atoms with E-state index in [1.165, 1.54) is 5.69 Å². The Morgan fingerprint density at radius 1 is 1.31 bits per heavy atom. The molecule has 1 aliphatic carbocycles. The van der Waals surface area contributed by atoms with Crippen molar-refractivity contribution in [1.82, 2.24) is 19.7 Å². The molecular formula is C20H28N4O2. The number of aliphatic hydroxyl groups excluding tert-OH is 1. The molecule has 4 rings (SSSR count). The molecule has 1 N–H and O–H groups in total. The largest absolute Gasteiger partial charge is 0.496 e. The number of fused-ring (bicyclic) bond motifs is 1. The van der Waals surface area contributed by atoms with Crippen LogP contribution in [0.2, 0.25) is 0 Å². The molecule has 0 unspecified atom stereocenters. The first-order valence-corrected chi connectivity index (χ1v) is 9.53. The van der Waals surface area contributed by atoms with Gasteiger partial charge in [-0.2, -0.15) is 5.10 Å². The lowest BCUT2D eigenvalue weighted by Crippen LogP contribution is -2.24. The average Bonchev–Trinajstić information content (AvgIpc) is 3.42. The number of pyridine rings is 1. The minimum absolute atomic E-state index is 0.395. The first-order chi connectivity index (χ1) is 12.6. The number of hydrogen-bond donors (Lipinski definition) is 1. The minimum atomic E-state index is -0.395. The number of ether oxygens (including phenoxy) is 1. The molecule has 140 valence electrons. The Bertz CT molecular complexity index is 797. The Morgan fingerprint density at radius 2 is 2.12 bits per heavy atom. The SMILES string of the molecule is COc1c(C)cnc(CN2CCCn3nc([C@H](O)C4CC4)cc3C2)c1C. The van der Waals surface area contributed by atoms with Gasteiger partial charge >= 0.3 is 0 Å². The van der Waals surface area contributed by atoms with Gasteiger partial charge in [0.15, 0.2) is 0 Å². The molecule has 0 amide bonds. The number of aromatic nitrogens is 3. The van der Waals surface area contributed by atoms with Gasteiger partial charge < -0.3 is 9.84 Å². The Hall–Kier alpha value is -1.92. The Balaban J connectivity index is 1.52. The van der Waals surface area contributed by atoms with Gasteiger partial charge in [-0.1, -0.05) is 0 Å². The van der Waals surface area contributed by atoms with E-state index in [1.807, 2.05) is 13.1 Å². The summed E-state index contributed by atoms with van der Waals surface area (Å²) in [6.45, 7) is 7.67. The fraction of sp³-hybridized carbons (Fsp3) is 0.600. The molecule has 1 aliphatic heterocycles. The number of rotatable bonds is 5. The number of nitrogens with zero attached hydrogens (tertiary/aromatic N) is 4. The van der Waals surface area contributed by atoms with Crippen molar-refractivity contribution >= 4 is 0 Å². The summed E-state index contributed by atoms with van der Waals surface area (Å²) in [5.41, 5.74) is 5.29. The maximum Gasteiger partial charge on any atom is 0.128 e. The Kier molecular flexibility index (Phi) is 4.71. The lowest BCUT2D eigenvalue weighted by atomic mass is 10.1. The highest BCUT2D eigenvalue weighted by Crippen LogP contribution is 2.40. The minimum Gasteiger partial charge on any atom is -0.496 e. The lowest BCUT2D eigenvalue weighted by molar-refractivity contribution is 0.148. The second-order valence-corrected chi connectivity index (χ2v) is 7.68. The predicted molar refractivity (Wildman–Crippen MR) is 98.9 cm³/mol. The molecule has 2 aromatic heterocycles. The molecule has 2 aromatic rings. The van der Waals surface area contributed by atoms with E-state index in [1.54, 1.807) is 7.11 Å². The van der Waals surface area contributed by atoms with Crippen LogP contribution in [0.25, 0.3) is 0 Å². The molecular weight excluding hydrogens is 328 g/mol. The smallest absolute Gasteiger partial charge is 0.128 e. The summed E-state index contributed by atoms with van der Waals surface area (Å²) in [5, 5.41) is 15.1. The summed E-state index contributed by atoms with van der Waals surface area (Å²) in [4.78, 5) is 7.06. The average molecular weight is 356 g/mol. The second kappa shape index (κ2) is 7.00. The zero-order chi connectivity index (χ0) is 18.3. The molecule has 0 bridgehead atoms. The standard InChI is InChI=1S/C20H28N4O2/c1-13-10-21-18(14(2)20(13)26-3)12-23-7-4-8-24-16(11-23)9-17(22-24)19(25)15-5-6-15/h9-10,15,19,25H,4-8,11-12H2,1-3H3/t19-/m1/s1. The number of hydrogen-bond acceptors (Lipinski definition) is 5. The van der Waals surface area contributed by atoms with E-state index in [9.17, 15) is 5.11 Å². The summed E-state index contributed by atoms with van der Waals surface area (Å²) in [6, 6.07) is 2.09. The fourth-order valence-corrected chi connectivity index (χ4v) is 3.93. The van der Waals surface area contributed by atoms with Crippen molar-refractivity contribution in [3.05, 3.63) is 40.5 Å². The maximum atomic E-state index is 10.4. The molecule has 1 atom stereocenters. The van der Waals surface area contributed by atoms with Crippen molar-refractivity contribution in [2.24, 2.45) is 5.92 Å². The van der Waals surface area contributed by atoms with Crippen LogP contribution < -0.4 is 4.74 Å². The topological polar surface area (TPSA) is 63.4 Å². The monoisotopic (exact) mass is 356 g/mol. The van der Waals surface area contributed by atoms with Crippen LogP contribution in [0.4, 0.5) is 0 Å². The number of methoxy groups -OCH3 is 1. The Labute approximate surface area is 154 Å². The van der Waals surface area contributed by atoms with Gasteiger partial charge in [-0.25, -0.2) is 0 Å². The van der Waals surface area contributed by atoms with Crippen molar-refractivity contribution in [2.75, 3.05) is 13.7 Å². The molecule has 1 fully saturated rings. The van der Waals surface area contributed by atoms with Crippen LogP contribution >= 0.6 is 0 Å². The van der Waals surface area contributed by atoms with E-state index < -0.39 is 6.10 Å². The van der Waals surface area contributed by atoms with Gasteiger partial charge in [-0.15, -0.1) is 0 Å². The van der Waals surface area contributed by atoms with Crippen LogP contribution in [0.15, 0.2) is 12.3 Å². The van der Waals surface area contributed by atoms with E-state index in [0.29, 0.717) is 5.92 Å². The molecule has 26 heavy (non-hydrogen) atoms. The fourth-order valence-electron chi connectivity index (χ4n) is 3.93. The van der Waals surface area contributed by atoms with Crippen LogP contribution in [0.3, 0.4) is 0 Å². The van der Waals surface area contributed by atoms with E-state index in [4.69, 9.17) is 4.74 Å². The van der Waals surface area contributed by atoms with Crippen LogP contribution in [0.5, 0.6) is 5.75 Å².